The molecule has 0 spiro atoms. The standard InChI is InChI=1S/C10H24N2O3/c11-5-1-3-9(13)7-15-8-10(14)4-2-6-12/h9-10,13-14H,1-8,11-12H2. The molecule has 0 aliphatic heterocycles. The van der Waals surface area contributed by atoms with Crippen molar-refractivity contribution in [1.82, 2.24) is 0 Å². The predicted molar refractivity (Wildman–Crippen MR) is 59.4 cm³/mol. The highest BCUT2D eigenvalue weighted by Gasteiger charge is 2.07. The van der Waals surface area contributed by atoms with E-state index in [9.17, 15) is 10.2 Å². The maximum atomic E-state index is 9.39. The lowest BCUT2D eigenvalue weighted by Crippen LogP contribution is -2.22. The summed E-state index contributed by atoms with van der Waals surface area (Å²) in [6.45, 7) is 1.69. The Balaban J connectivity index is 3.27. The highest BCUT2D eigenvalue weighted by molar-refractivity contribution is 4.58. The van der Waals surface area contributed by atoms with Crippen LogP contribution in [0, 0.1) is 0 Å². The zero-order chi connectivity index (χ0) is 11.5. The molecule has 0 saturated heterocycles. The number of hydrogen-bond acceptors (Lipinski definition) is 5. The number of aliphatic hydroxyl groups is 2. The lowest BCUT2D eigenvalue weighted by molar-refractivity contribution is -0.0123. The highest BCUT2D eigenvalue weighted by atomic mass is 16.5. The van der Waals surface area contributed by atoms with Crippen molar-refractivity contribution in [2.75, 3.05) is 26.3 Å². The molecule has 15 heavy (non-hydrogen) atoms. The van der Waals surface area contributed by atoms with Gasteiger partial charge in [-0.2, -0.15) is 0 Å². The van der Waals surface area contributed by atoms with Gasteiger partial charge in [0.25, 0.3) is 0 Å². The van der Waals surface area contributed by atoms with Gasteiger partial charge in [0.15, 0.2) is 0 Å². The second-order valence-corrected chi connectivity index (χ2v) is 3.71. The first kappa shape index (κ1) is 14.8. The van der Waals surface area contributed by atoms with Crippen LogP contribution in [0.2, 0.25) is 0 Å². The van der Waals surface area contributed by atoms with E-state index in [1.807, 2.05) is 0 Å². The average molecular weight is 220 g/mol. The van der Waals surface area contributed by atoms with Gasteiger partial charge in [-0.05, 0) is 38.8 Å². The molecule has 0 aromatic heterocycles. The molecule has 0 aliphatic carbocycles. The molecule has 0 fully saturated rings. The van der Waals surface area contributed by atoms with Crippen molar-refractivity contribution in [1.29, 1.82) is 0 Å². The predicted octanol–water partition coefficient (Wildman–Crippen LogP) is -0.797. The number of hydrogen-bond donors (Lipinski definition) is 4. The molecule has 92 valence electrons. The summed E-state index contributed by atoms with van der Waals surface area (Å²) >= 11 is 0. The third-order valence-electron chi connectivity index (χ3n) is 2.10. The number of nitrogens with two attached hydrogens (primary N) is 2. The Hall–Kier alpha value is -0.200. The van der Waals surface area contributed by atoms with Gasteiger partial charge < -0.3 is 26.4 Å². The van der Waals surface area contributed by atoms with Crippen LogP contribution in [-0.2, 0) is 4.74 Å². The number of rotatable bonds is 10. The maximum Gasteiger partial charge on any atom is 0.0774 e. The normalized spacial score (nSPS) is 15.2. The SMILES string of the molecule is NCCCC(O)COCC(O)CCCN. The molecule has 0 aromatic carbocycles. The van der Waals surface area contributed by atoms with Gasteiger partial charge in [-0.1, -0.05) is 0 Å². The molecule has 0 radical (unpaired) electrons. The van der Waals surface area contributed by atoms with Gasteiger partial charge in [0.1, 0.15) is 0 Å². The summed E-state index contributed by atoms with van der Waals surface area (Å²) in [6.07, 6.45) is 1.93. The first-order valence-corrected chi connectivity index (χ1v) is 5.54. The zero-order valence-corrected chi connectivity index (χ0v) is 9.27. The fraction of sp³-hybridized carbons (Fsp3) is 1.00. The topological polar surface area (TPSA) is 102 Å². The molecule has 2 unspecified atom stereocenters. The van der Waals surface area contributed by atoms with Crippen LogP contribution in [0.25, 0.3) is 0 Å². The van der Waals surface area contributed by atoms with E-state index in [2.05, 4.69) is 0 Å². The van der Waals surface area contributed by atoms with Crippen LogP contribution in [0.4, 0.5) is 0 Å². The highest BCUT2D eigenvalue weighted by Crippen LogP contribution is 2.00. The minimum Gasteiger partial charge on any atom is -0.391 e. The van der Waals surface area contributed by atoms with Crippen LogP contribution in [-0.4, -0.2) is 48.7 Å². The molecule has 0 aliphatic rings. The molecule has 0 saturated carbocycles. The third kappa shape index (κ3) is 10.1. The first-order valence-electron chi connectivity index (χ1n) is 5.54. The van der Waals surface area contributed by atoms with E-state index in [0.29, 0.717) is 25.9 Å². The van der Waals surface area contributed by atoms with Gasteiger partial charge in [0, 0.05) is 0 Å². The fourth-order valence-corrected chi connectivity index (χ4v) is 1.21. The van der Waals surface area contributed by atoms with Crippen LogP contribution in [0.3, 0.4) is 0 Å². The lowest BCUT2D eigenvalue weighted by atomic mass is 10.2. The van der Waals surface area contributed by atoms with Crippen molar-refractivity contribution in [3.05, 3.63) is 0 Å². The van der Waals surface area contributed by atoms with Crippen molar-refractivity contribution in [2.45, 2.75) is 37.9 Å². The molecule has 5 heteroatoms. The van der Waals surface area contributed by atoms with Crippen molar-refractivity contribution >= 4 is 0 Å². The molecule has 6 N–H and O–H groups in total. The summed E-state index contributed by atoms with van der Waals surface area (Å²) < 4.78 is 5.17. The van der Waals surface area contributed by atoms with Gasteiger partial charge in [0.05, 0.1) is 25.4 Å². The van der Waals surface area contributed by atoms with Gasteiger partial charge in [-0.25, -0.2) is 0 Å². The summed E-state index contributed by atoms with van der Waals surface area (Å²) in [5, 5.41) is 18.8. The van der Waals surface area contributed by atoms with Crippen molar-refractivity contribution in [3.63, 3.8) is 0 Å². The molecule has 5 nitrogen and oxygen atoms in total. The van der Waals surface area contributed by atoms with E-state index in [0.717, 1.165) is 12.8 Å². The molecule has 0 bridgehead atoms. The van der Waals surface area contributed by atoms with Crippen LogP contribution in [0.5, 0.6) is 0 Å². The van der Waals surface area contributed by atoms with Gasteiger partial charge in [-0.3, -0.25) is 0 Å². The quantitative estimate of drug-likeness (QED) is 0.386. The summed E-state index contributed by atoms with van der Waals surface area (Å²) in [6, 6.07) is 0. The van der Waals surface area contributed by atoms with Crippen LogP contribution < -0.4 is 11.5 Å². The summed E-state index contributed by atoms with van der Waals surface area (Å²) in [5.41, 5.74) is 10.6. The molecule has 0 aromatic rings. The smallest absolute Gasteiger partial charge is 0.0774 e. The third-order valence-corrected chi connectivity index (χ3v) is 2.10. The zero-order valence-electron chi connectivity index (χ0n) is 9.27. The Labute approximate surface area is 91.4 Å². The molecular weight excluding hydrogens is 196 g/mol. The summed E-state index contributed by atoms with van der Waals surface area (Å²) in [5.74, 6) is 0. The van der Waals surface area contributed by atoms with Crippen LogP contribution >= 0.6 is 0 Å². The van der Waals surface area contributed by atoms with E-state index in [4.69, 9.17) is 16.2 Å². The molecule has 0 rings (SSSR count). The van der Waals surface area contributed by atoms with E-state index in [1.54, 1.807) is 0 Å². The fourth-order valence-electron chi connectivity index (χ4n) is 1.21. The Morgan fingerprint density at radius 3 is 1.60 bits per heavy atom. The van der Waals surface area contributed by atoms with Crippen molar-refractivity contribution in [2.24, 2.45) is 11.5 Å². The molecule has 2 atom stereocenters. The number of ether oxygens (including phenoxy) is 1. The van der Waals surface area contributed by atoms with Crippen molar-refractivity contribution < 1.29 is 14.9 Å². The maximum absolute atomic E-state index is 9.39. The molecule has 0 heterocycles. The Morgan fingerprint density at radius 1 is 0.867 bits per heavy atom. The minimum absolute atomic E-state index is 0.264. The number of aliphatic hydroxyl groups excluding tert-OH is 2. The van der Waals surface area contributed by atoms with Gasteiger partial charge in [-0.15, -0.1) is 0 Å². The molecular formula is C10H24N2O3. The Morgan fingerprint density at radius 2 is 1.27 bits per heavy atom. The first-order chi connectivity index (χ1) is 7.20. The minimum atomic E-state index is -0.477. The summed E-state index contributed by atoms with van der Waals surface area (Å²) in [7, 11) is 0. The second-order valence-electron chi connectivity index (χ2n) is 3.71. The van der Waals surface area contributed by atoms with Crippen LogP contribution in [0.1, 0.15) is 25.7 Å². The van der Waals surface area contributed by atoms with E-state index in [-0.39, 0.29) is 13.2 Å². The van der Waals surface area contributed by atoms with E-state index >= 15 is 0 Å². The van der Waals surface area contributed by atoms with Crippen molar-refractivity contribution in [3.8, 4) is 0 Å². The van der Waals surface area contributed by atoms with Gasteiger partial charge in [0.2, 0.25) is 0 Å². The van der Waals surface area contributed by atoms with E-state index < -0.39 is 12.2 Å². The second kappa shape index (κ2) is 10.3. The monoisotopic (exact) mass is 220 g/mol. The lowest BCUT2D eigenvalue weighted by Gasteiger charge is -2.13. The van der Waals surface area contributed by atoms with Gasteiger partial charge >= 0.3 is 0 Å². The summed E-state index contributed by atoms with van der Waals surface area (Å²) in [4.78, 5) is 0. The average Bonchev–Trinajstić information content (AvgIpc) is 2.23. The van der Waals surface area contributed by atoms with E-state index in [1.165, 1.54) is 0 Å². The Kier molecular flexibility index (Phi) is 10.2. The Bertz CT molecular complexity index is 122. The van der Waals surface area contributed by atoms with Crippen LogP contribution in [0.15, 0.2) is 0 Å². The molecule has 0 amide bonds. The largest absolute Gasteiger partial charge is 0.391 e.